The third-order valence-corrected chi connectivity index (χ3v) is 6.67. The van der Waals surface area contributed by atoms with Crippen molar-refractivity contribution >= 4 is 30.7 Å². The Balaban J connectivity index is 0.00000225. The first-order valence-corrected chi connectivity index (χ1v) is 10.4. The highest BCUT2D eigenvalue weighted by molar-refractivity contribution is 5.88. The van der Waals surface area contributed by atoms with Crippen molar-refractivity contribution in [1.82, 2.24) is 10.2 Å². The Bertz CT molecular complexity index is 679. The number of aliphatic hydroxyl groups excluding tert-OH is 1. The standard InChI is InChI=1S/C22H35N3O3.2ClH/c1-4-28-19-13-22(23,21(19,2)3)20(27)24-14-16-5-7-17(8-6-16)15-25-11-9-18(26)10-12-25;;/h5-8,18-19,26H,4,9-15,23H2,1-3H3,(H,24,27);2*1H. The second-order valence-electron chi connectivity index (χ2n) is 8.85. The molecule has 172 valence electrons. The molecular formula is C22H37Cl2N3O3. The zero-order valence-corrected chi connectivity index (χ0v) is 19.9. The fourth-order valence-corrected chi connectivity index (χ4v) is 4.26. The number of rotatable bonds is 7. The summed E-state index contributed by atoms with van der Waals surface area (Å²) in [5.41, 5.74) is 7.49. The van der Waals surface area contributed by atoms with Crippen LogP contribution in [-0.4, -0.2) is 53.4 Å². The second kappa shape index (κ2) is 11.1. The molecule has 2 atom stereocenters. The number of hydrogen-bond acceptors (Lipinski definition) is 5. The summed E-state index contributed by atoms with van der Waals surface area (Å²) in [5.74, 6) is -0.107. The Kier molecular flexibility index (Phi) is 10.1. The number of halogens is 2. The molecule has 1 saturated heterocycles. The average Bonchev–Trinajstić information content (AvgIpc) is 2.68. The number of piperidine rings is 1. The summed E-state index contributed by atoms with van der Waals surface area (Å²) in [4.78, 5) is 15.1. The quantitative estimate of drug-likeness (QED) is 0.580. The SMILES string of the molecule is CCOC1CC(N)(C(=O)NCc2ccc(CN3CCC(O)CC3)cc2)C1(C)C.Cl.Cl. The van der Waals surface area contributed by atoms with Crippen molar-refractivity contribution < 1.29 is 14.6 Å². The van der Waals surface area contributed by atoms with Crippen molar-refractivity contribution in [2.45, 2.75) is 70.9 Å². The van der Waals surface area contributed by atoms with Gasteiger partial charge in [0.05, 0.1) is 12.2 Å². The first-order valence-electron chi connectivity index (χ1n) is 10.4. The number of benzene rings is 1. The van der Waals surface area contributed by atoms with E-state index in [0.717, 1.165) is 38.0 Å². The zero-order chi connectivity index (χ0) is 20.4. The van der Waals surface area contributed by atoms with Gasteiger partial charge in [-0.2, -0.15) is 0 Å². The van der Waals surface area contributed by atoms with Crippen LogP contribution in [0.3, 0.4) is 0 Å². The number of nitrogens with two attached hydrogens (primary N) is 1. The van der Waals surface area contributed by atoms with Gasteiger partial charge in [0.2, 0.25) is 5.91 Å². The highest BCUT2D eigenvalue weighted by Crippen LogP contribution is 2.49. The van der Waals surface area contributed by atoms with Gasteiger partial charge < -0.3 is 20.9 Å². The number of amides is 1. The van der Waals surface area contributed by atoms with Crippen LogP contribution < -0.4 is 11.1 Å². The van der Waals surface area contributed by atoms with Crippen LogP contribution >= 0.6 is 24.8 Å². The molecule has 1 saturated carbocycles. The predicted molar refractivity (Wildman–Crippen MR) is 124 cm³/mol. The molecule has 0 radical (unpaired) electrons. The number of likely N-dealkylation sites (tertiary alicyclic amines) is 1. The van der Waals surface area contributed by atoms with Crippen molar-refractivity contribution in [3.63, 3.8) is 0 Å². The van der Waals surface area contributed by atoms with Gasteiger partial charge in [0.25, 0.3) is 0 Å². The Morgan fingerprint density at radius 1 is 1.20 bits per heavy atom. The molecule has 3 rings (SSSR count). The van der Waals surface area contributed by atoms with E-state index in [1.165, 1.54) is 5.56 Å². The summed E-state index contributed by atoms with van der Waals surface area (Å²) >= 11 is 0. The molecule has 4 N–H and O–H groups in total. The highest BCUT2D eigenvalue weighted by atomic mass is 35.5. The van der Waals surface area contributed by atoms with Gasteiger partial charge in [0, 0.05) is 44.6 Å². The van der Waals surface area contributed by atoms with E-state index < -0.39 is 5.54 Å². The van der Waals surface area contributed by atoms with Crippen LogP contribution in [0.4, 0.5) is 0 Å². The van der Waals surface area contributed by atoms with E-state index in [4.69, 9.17) is 10.5 Å². The topological polar surface area (TPSA) is 87.8 Å². The number of ether oxygens (including phenoxy) is 1. The van der Waals surface area contributed by atoms with Gasteiger partial charge in [-0.1, -0.05) is 38.1 Å². The molecule has 2 fully saturated rings. The van der Waals surface area contributed by atoms with E-state index in [0.29, 0.717) is 19.6 Å². The number of aliphatic hydroxyl groups is 1. The summed E-state index contributed by atoms with van der Waals surface area (Å²) in [5, 5.41) is 12.6. The monoisotopic (exact) mass is 461 g/mol. The average molecular weight is 462 g/mol. The molecule has 1 aromatic rings. The van der Waals surface area contributed by atoms with E-state index in [1.807, 2.05) is 20.8 Å². The summed E-state index contributed by atoms with van der Waals surface area (Å²) in [7, 11) is 0. The van der Waals surface area contributed by atoms with E-state index in [1.54, 1.807) is 0 Å². The molecule has 2 aliphatic rings. The Morgan fingerprint density at radius 3 is 2.30 bits per heavy atom. The third-order valence-electron chi connectivity index (χ3n) is 6.67. The van der Waals surface area contributed by atoms with Gasteiger partial charge in [-0.05, 0) is 30.9 Å². The fourth-order valence-electron chi connectivity index (χ4n) is 4.26. The maximum absolute atomic E-state index is 12.7. The second-order valence-corrected chi connectivity index (χ2v) is 8.85. The number of carbonyl (C=O) groups is 1. The Morgan fingerprint density at radius 2 is 1.77 bits per heavy atom. The number of nitrogens with one attached hydrogen (secondary N) is 1. The van der Waals surface area contributed by atoms with Crippen LogP contribution in [0.15, 0.2) is 24.3 Å². The lowest BCUT2D eigenvalue weighted by molar-refractivity contribution is -0.170. The minimum atomic E-state index is -0.883. The van der Waals surface area contributed by atoms with Crippen molar-refractivity contribution in [1.29, 1.82) is 0 Å². The van der Waals surface area contributed by atoms with Crippen LogP contribution in [0, 0.1) is 5.41 Å². The van der Waals surface area contributed by atoms with Gasteiger partial charge >= 0.3 is 0 Å². The van der Waals surface area contributed by atoms with Gasteiger partial charge in [-0.25, -0.2) is 0 Å². The van der Waals surface area contributed by atoms with Crippen LogP contribution in [0.1, 0.15) is 51.2 Å². The van der Waals surface area contributed by atoms with Crippen LogP contribution in [0.2, 0.25) is 0 Å². The molecule has 0 spiro atoms. The minimum absolute atomic E-state index is 0. The maximum Gasteiger partial charge on any atom is 0.241 e. The third kappa shape index (κ3) is 5.67. The number of hydrogen-bond donors (Lipinski definition) is 3. The molecule has 30 heavy (non-hydrogen) atoms. The zero-order valence-electron chi connectivity index (χ0n) is 18.2. The van der Waals surface area contributed by atoms with Gasteiger partial charge in [-0.3, -0.25) is 9.69 Å². The van der Waals surface area contributed by atoms with E-state index in [-0.39, 0.29) is 48.3 Å². The summed E-state index contributed by atoms with van der Waals surface area (Å²) in [6.45, 7) is 9.87. The molecule has 8 heteroatoms. The van der Waals surface area contributed by atoms with Crippen molar-refractivity contribution in [2.75, 3.05) is 19.7 Å². The van der Waals surface area contributed by atoms with E-state index in [9.17, 15) is 9.90 Å². The first-order chi connectivity index (χ1) is 13.3. The first kappa shape index (κ1) is 27.1. The molecule has 1 aliphatic heterocycles. The number of carbonyl (C=O) groups excluding carboxylic acids is 1. The van der Waals surface area contributed by atoms with Crippen LogP contribution in [0.25, 0.3) is 0 Å². The molecule has 0 aromatic heterocycles. The van der Waals surface area contributed by atoms with Gasteiger partial charge in [0.1, 0.15) is 5.54 Å². The largest absolute Gasteiger partial charge is 0.393 e. The van der Waals surface area contributed by atoms with Gasteiger partial charge in [-0.15, -0.1) is 24.8 Å². The molecule has 6 nitrogen and oxygen atoms in total. The molecule has 0 bridgehead atoms. The lowest BCUT2D eigenvalue weighted by atomic mass is 9.54. The lowest BCUT2D eigenvalue weighted by Crippen LogP contribution is -2.75. The molecule has 1 aliphatic carbocycles. The Labute approximate surface area is 192 Å². The smallest absolute Gasteiger partial charge is 0.241 e. The Hall–Kier alpha value is -0.890. The lowest BCUT2D eigenvalue weighted by Gasteiger charge is -2.57. The van der Waals surface area contributed by atoms with E-state index >= 15 is 0 Å². The molecule has 1 heterocycles. The molecular weight excluding hydrogens is 425 g/mol. The minimum Gasteiger partial charge on any atom is -0.393 e. The summed E-state index contributed by atoms with van der Waals surface area (Å²) in [6.07, 6.45) is 2.15. The fraction of sp³-hybridized carbons (Fsp3) is 0.682. The number of nitrogens with zero attached hydrogens (tertiary/aromatic N) is 1. The van der Waals surface area contributed by atoms with Crippen molar-refractivity contribution in [3.8, 4) is 0 Å². The van der Waals surface area contributed by atoms with Crippen molar-refractivity contribution in [2.24, 2.45) is 11.1 Å². The van der Waals surface area contributed by atoms with Crippen LogP contribution in [0.5, 0.6) is 0 Å². The summed E-state index contributed by atoms with van der Waals surface area (Å²) < 4.78 is 5.70. The highest BCUT2D eigenvalue weighted by Gasteiger charge is 2.62. The normalized spacial score (nSPS) is 26.1. The van der Waals surface area contributed by atoms with E-state index in [2.05, 4.69) is 34.5 Å². The summed E-state index contributed by atoms with van der Waals surface area (Å²) in [6, 6.07) is 8.35. The molecule has 1 amide bonds. The predicted octanol–water partition coefficient (Wildman–Crippen LogP) is 2.64. The maximum atomic E-state index is 12.7. The van der Waals surface area contributed by atoms with Crippen LogP contribution in [-0.2, 0) is 22.6 Å². The molecule has 1 aromatic carbocycles. The molecule has 2 unspecified atom stereocenters. The van der Waals surface area contributed by atoms with Gasteiger partial charge in [0.15, 0.2) is 0 Å². The van der Waals surface area contributed by atoms with Crippen molar-refractivity contribution in [3.05, 3.63) is 35.4 Å².